The molecule has 0 fully saturated rings. The maximum Gasteiger partial charge on any atom is 0.293 e. The van der Waals surface area contributed by atoms with Gasteiger partial charge in [-0.25, -0.2) is 4.39 Å². The van der Waals surface area contributed by atoms with Gasteiger partial charge < -0.3 is 11.1 Å². The van der Waals surface area contributed by atoms with E-state index >= 15 is 0 Å². The molecular formula is C12H12FN5O3. The van der Waals surface area contributed by atoms with Crippen LogP contribution >= 0.6 is 0 Å². The number of nitrogens with two attached hydrogens (primary N) is 1. The highest BCUT2D eigenvalue weighted by atomic mass is 19.1. The quantitative estimate of drug-likeness (QED) is 0.483. The molecule has 2 rings (SSSR count). The molecule has 0 spiro atoms. The maximum atomic E-state index is 13.7. The van der Waals surface area contributed by atoms with Crippen LogP contribution in [0.5, 0.6) is 0 Å². The molecule has 1 aromatic heterocycles. The zero-order valence-electron chi connectivity index (χ0n) is 10.8. The molecule has 110 valence electrons. The SMILES string of the molecule is Nc1c([N+](=O)[O-])ccc(F)c1C(=O)NCCn1cccn1. The maximum absolute atomic E-state index is 13.7. The van der Waals surface area contributed by atoms with Crippen LogP contribution in [0.1, 0.15) is 10.4 Å². The lowest BCUT2D eigenvalue weighted by molar-refractivity contribution is -0.384. The molecule has 21 heavy (non-hydrogen) atoms. The first-order valence-electron chi connectivity index (χ1n) is 5.98. The Bertz CT molecular complexity index is 672. The molecule has 0 radical (unpaired) electrons. The molecule has 0 saturated carbocycles. The van der Waals surface area contributed by atoms with E-state index in [1.807, 2.05) is 0 Å². The molecule has 0 unspecified atom stereocenters. The van der Waals surface area contributed by atoms with Crippen LogP contribution in [0.25, 0.3) is 0 Å². The highest BCUT2D eigenvalue weighted by molar-refractivity contribution is 6.01. The van der Waals surface area contributed by atoms with E-state index in [-0.39, 0.29) is 6.54 Å². The monoisotopic (exact) mass is 293 g/mol. The van der Waals surface area contributed by atoms with Crippen molar-refractivity contribution in [2.75, 3.05) is 12.3 Å². The molecule has 9 heteroatoms. The third kappa shape index (κ3) is 3.14. The number of carbonyl (C=O) groups is 1. The summed E-state index contributed by atoms with van der Waals surface area (Å²) in [5, 5.41) is 17.1. The van der Waals surface area contributed by atoms with Gasteiger partial charge in [0.1, 0.15) is 17.1 Å². The topological polar surface area (TPSA) is 116 Å². The van der Waals surface area contributed by atoms with Gasteiger partial charge in [0.15, 0.2) is 0 Å². The molecule has 0 aliphatic heterocycles. The highest BCUT2D eigenvalue weighted by Crippen LogP contribution is 2.27. The first-order chi connectivity index (χ1) is 10.0. The molecule has 1 aromatic carbocycles. The summed E-state index contributed by atoms with van der Waals surface area (Å²) in [6.45, 7) is 0.567. The van der Waals surface area contributed by atoms with E-state index in [4.69, 9.17) is 5.73 Å². The normalized spacial score (nSPS) is 10.3. The van der Waals surface area contributed by atoms with Crippen LogP contribution in [0, 0.1) is 15.9 Å². The van der Waals surface area contributed by atoms with E-state index < -0.39 is 33.6 Å². The molecule has 8 nitrogen and oxygen atoms in total. The molecule has 3 N–H and O–H groups in total. The first kappa shape index (κ1) is 14.4. The largest absolute Gasteiger partial charge is 0.392 e. The predicted molar refractivity (Wildman–Crippen MR) is 72.0 cm³/mol. The van der Waals surface area contributed by atoms with Crippen LogP contribution < -0.4 is 11.1 Å². The van der Waals surface area contributed by atoms with Crippen molar-refractivity contribution in [2.24, 2.45) is 0 Å². The predicted octanol–water partition coefficient (Wildman–Crippen LogP) is 0.943. The molecule has 1 heterocycles. The lowest BCUT2D eigenvalue weighted by Gasteiger charge is -2.09. The number of rotatable bonds is 5. The summed E-state index contributed by atoms with van der Waals surface area (Å²) in [5.74, 6) is -1.71. The minimum Gasteiger partial charge on any atom is -0.392 e. The Morgan fingerprint density at radius 2 is 2.29 bits per heavy atom. The zero-order chi connectivity index (χ0) is 15.4. The second kappa shape index (κ2) is 5.99. The number of hydrogen-bond donors (Lipinski definition) is 2. The number of nitrogens with zero attached hydrogens (tertiary/aromatic N) is 3. The second-order valence-electron chi connectivity index (χ2n) is 4.14. The number of nitrogen functional groups attached to an aromatic ring is 1. The first-order valence-corrected chi connectivity index (χ1v) is 5.98. The lowest BCUT2D eigenvalue weighted by Crippen LogP contribution is -2.29. The van der Waals surface area contributed by atoms with Crippen molar-refractivity contribution >= 4 is 17.3 Å². The van der Waals surface area contributed by atoms with E-state index in [0.29, 0.717) is 6.54 Å². The fourth-order valence-electron chi connectivity index (χ4n) is 1.78. The van der Waals surface area contributed by atoms with E-state index in [1.165, 1.54) is 0 Å². The molecule has 1 amide bonds. The van der Waals surface area contributed by atoms with Crippen molar-refractivity contribution in [1.82, 2.24) is 15.1 Å². The Hall–Kier alpha value is -2.97. The van der Waals surface area contributed by atoms with Crippen LogP contribution in [0.2, 0.25) is 0 Å². The smallest absolute Gasteiger partial charge is 0.293 e. The van der Waals surface area contributed by atoms with Crippen LogP contribution in [-0.2, 0) is 6.54 Å². The summed E-state index contributed by atoms with van der Waals surface area (Å²) in [7, 11) is 0. The Morgan fingerprint density at radius 3 is 2.90 bits per heavy atom. The number of nitro groups is 1. The Kier molecular flexibility index (Phi) is 4.12. The summed E-state index contributed by atoms with van der Waals surface area (Å²) >= 11 is 0. The number of nitro benzene ring substituents is 1. The van der Waals surface area contributed by atoms with Gasteiger partial charge >= 0.3 is 0 Å². The standard InChI is InChI=1S/C12H12FN5O3/c13-8-2-3-9(18(20)21)11(14)10(8)12(19)15-5-7-17-6-1-4-16-17/h1-4,6H,5,7,14H2,(H,15,19). The lowest BCUT2D eigenvalue weighted by atomic mass is 10.1. The van der Waals surface area contributed by atoms with Crippen LogP contribution in [0.3, 0.4) is 0 Å². The van der Waals surface area contributed by atoms with Gasteiger partial charge in [0.25, 0.3) is 11.6 Å². The van der Waals surface area contributed by atoms with Crippen molar-refractivity contribution in [2.45, 2.75) is 6.54 Å². The van der Waals surface area contributed by atoms with Gasteiger partial charge in [-0.05, 0) is 12.1 Å². The van der Waals surface area contributed by atoms with E-state index in [1.54, 1.807) is 23.1 Å². The minimum atomic E-state index is -0.908. The van der Waals surface area contributed by atoms with Crippen molar-refractivity contribution in [3.05, 3.63) is 52.1 Å². The van der Waals surface area contributed by atoms with Crippen molar-refractivity contribution in [3.8, 4) is 0 Å². The van der Waals surface area contributed by atoms with E-state index in [9.17, 15) is 19.3 Å². The number of hydrogen-bond acceptors (Lipinski definition) is 5. The zero-order valence-corrected chi connectivity index (χ0v) is 10.8. The van der Waals surface area contributed by atoms with Crippen molar-refractivity contribution in [1.29, 1.82) is 0 Å². The molecule has 0 atom stereocenters. The van der Waals surface area contributed by atoms with Crippen molar-refractivity contribution in [3.63, 3.8) is 0 Å². The number of amides is 1. The third-order valence-electron chi connectivity index (χ3n) is 2.78. The van der Waals surface area contributed by atoms with E-state index in [0.717, 1.165) is 12.1 Å². The van der Waals surface area contributed by atoms with Crippen LogP contribution in [-0.4, -0.2) is 27.2 Å². The molecule has 0 aliphatic rings. The number of carbonyl (C=O) groups excluding carboxylic acids is 1. The van der Waals surface area contributed by atoms with Gasteiger partial charge in [-0.1, -0.05) is 0 Å². The molecule has 2 aromatic rings. The fraction of sp³-hybridized carbons (Fsp3) is 0.167. The summed E-state index contributed by atoms with van der Waals surface area (Å²) in [6, 6.07) is 3.49. The number of anilines is 1. The Balaban J connectivity index is 2.11. The minimum absolute atomic E-state index is 0.183. The summed E-state index contributed by atoms with van der Waals surface area (Å²) in [5.41, 5.74) is 3.97. The Labute approximate surface area is 118 Å². The summed E-state index contributed by atoms with van der Waals surface area (Å²) in [6.07, 6.45) is 3.29. The van der Waals surface area contributed by atoms with Crippen LogP contribution in [0.4, 0.5) is 15.8 Å². The number of benzene rings is 1. The molecular weight excluding hydrogens is 281 g/mol. The van der Waals surface area contributed by atoms with Gasteiger partial charge in [0.2, 0.25) is 0 Å². The fourth-order valence-corrected chi connectivity index (χ4v) is 1.78. The average Bonchev–Trinajstić information content (AvgIpc) is 2.91. The third-order valence-corrected chi connectivity index (χ3v) is 2.78. The highest BCUT2D eigenvalue weighted by Gasteiger charge is 2.23. The van der Waals surface area contributed by atoms with Gasteiger partial charge in [0.05, 0.1) is 11.5 Å². The second-order valence-corrected chi connectivity index (χ2v) is 4.14. The van der Waals surface area contributed by atoms with E-state index in [2.05, 4.69) is 10.4 Å². The van der Waals surface area contributed by atoms with Gasteiger partial charge in [-0.15, -0.1) is 0 Å². The van der Waals surface area contributed by atoms with Gasteiger partial charge in [0, 0.05) is 25.0 Å². The van der Waals surface area contributed by atoms with Crippen molar-refractivity contribution < 1.29 is 14.1 Å². The molecule has 0 saturated heterocycles. The van der Waals surface area contributed by atoms with Crippen LogP contribution in [0.15, 0.2) is 30.6 Å². The van der Waals surface area contributed by atoms with Gasteiger partial charge in [-0.3, -0.25) is 19.6 Å². The Morgan fingerprint density at radius 1 is 1.52 bits per heavy atom. The molecule has 0 aliphatic carbocycles. The summed E-state index contributed by atoms with van der Waals surface area (Å²) < 4.78 is 15.2. The number of nitrogens with one attached hydrogen (secondary N) is 1. The molecule has 0 bridgehead atoms. The number of aromatic nitrogens is 2. The number of halogens is 1. The summed E-state index contributed by atoms with van der Waals surface area (Å²) in [4.78, 5) is 21.9. The van der Waals surface area contributed by atoms with Gasteiger partial charge in [-0.2, -0.15) is 5.10 Å². The average molecular weight is 293 g/mol.